The van der Waals surface area contributed by atoms with Crippen molar-refractivity contribution in [2.45, 2.75) is 13.5 Å². The van der Waals surface area contributed by atoms with E-state index in [-0.39, 0.29) is 0 Å². The van der Waals surface area contributed by atoms with Gasteiger partial charge in [-0.05, 0) is 36.3 Å². The van der Waals surface area contributed by atoms with Crippen LogP contribution in [-0.2, 0) is 6.54 Å². The van der Waals surface area contributed by atoms with Crippen LogP contribution >= 0.6 is 28.1 Å². The van der Waals surface area contributed by atoms with Gasteiger partial charge in [-0.1, -0.05) is 58.4 Å². The zero-order valence-corrected chi connectivity index (χ0v) is 13.9. The largest absolute Gasteiger partial charge is 0.296 e. The van der Waals surface area contributed by atoms with Crippen molar-refractivity contribution in [3.05, 3.63) is 68.9 Å². The molecule has 21 heavy (non-hydrogen) atoms. The second-order valence-corrected chi connectivity index (χ2v) is 6.09. The first-order valence-electron chi connectivity index (χ1n) is 6.61. The molecule has 0 spiro atoms. The molecule has 0 saturated carbocycles. The lowest BCUT2D eigenvalue weighted by molar-refractivity contribution is 0.787. The molecular weight excluding hydrogens is 346 g/mol. The van der Waals surface area contributed by atoms with Gasteiger partial charge < -0.3 is 0 Å². The van der Waals surface area contributed by atoms with E-state index in [4.69, 9.17) is 12.2 Å². The first kappa shape index (κ1) is 14.2. The summed E-state index contributed by atoms with van der Waals surface area (Å²) in [5.41, 5.74) is 3.45. The molecule has 3 aromatic rings. The van der Waals surface area contributed by atoms with Gasteiger partial charge in [-0.2, -0.15) is 5.10 Å². The van der Waals surface area contributed by atoms with Crippen molar-refractivity contribution in [3.8, 4) is 11.4 Å². The number of benzene rings is 2. The number of rotatable bonds is 3. The minimum Gasteiger partial charge on any atom is -0.296 e. The summed E-state index contributed by atoms with van der Waals surface area (Å²) in [5, 5.41) is 7.31. The molecule has 0 amide bonds. The van der Waals surface area contributed by atoms with E-state index in [1.54, 1.807) is 0 Å². The minimum atomic E-state index is 0.629. The number of aromatic nitrogens is 3. The second kappa shape index (κ2) is 5.95. The van der Waals surface area contributed by atoms with Gasteiger partial charge in [0.05, 0.1) is 6.54 Å². The van der Waals surface area contributed by atoms with E-state index >= 15 is 0 Å². The van der Waals surface area contributed by atoms with Crippen LogP contribution in [0.4, 0.5) is 0 Å². The van der Waals surface area contributed by atoms with Crippen LogP contribution in [0.5, 0.6) is 0 Å². The number of hydrogen-bond donors (Lipinski definition) is 1. The molecule has 5 heteroatoms. The van der Waals surface area contributed by atoms with Crippen LogP contribution in [0.25, 0.3) is 11.4 Å². The molecule has 106 valence electrons. The number of halogens is 1. The Labute approximate surface area is 136 Å². The van der Waals surface area contributed by atoms with Crippen molar-refractivity contribution in [1.29, 1.82) is 0 Å². The van der Waals surface area contributed by atoms with Gasteiger partial charge in [0.15, 0.2) is 10.6 Å². The van der Waals surface area contributed by atoms with Gasteiger partial charge in [0.25, 0.3) is 0 Å². The molecule has 0 atom stereocenters. The maximum Gasteiger partial charge on any atom is 0.195 e. The topological polar surface area (TPSA) is 33.6 Å². The van der Waals surface area contributed by atoms with Gasteiger partial charge in [0, 0.05) is 10.0 Å². The molecule has 1 aromatic heterocycles. The molecule has 1 N–H and O–H groups in total. The molecule has 3 rings (SSSR count). The third-order valence-corrected chi connectivity index (χ3v) is 4.52. The Bertz CT molecular complexity index is 835. The third kappa shape index (κ3) is 2.84. The summed E-state index contributed by atoms with van der Waals surface area (Å²) in [6.45, 7) is 2.76. The minimum absolute atomic E-state index is 0.629. The Morgan fingerprint density at radius 3 is 2.62 bits per heavy atom. The van der Waals surface area contributed by atoms with Crippen molar-refractivity contribution in [2.75, 3.05) is 0 Å². The molecule has 2 aromatic carbocycles. The van der Waals surface area contributed by atoms with Gasteiger partial charge in [-0.25, -0.2) is 0 Å². The van der Waals surface area contributed by atoms with Gasteiger partial charge in [0.1, 0.15) is 0 Å². The Hall–Kier alpha value is -1.72. The van der Waals surface area contributed by atoms with Crippen molar-refractivity contribution < 1.29 is 0 Å². The molecular formula is C16H14BrN3S. The fourth-order valence-corrected chi connectivity index (χ4v) is 2.90. The number of aryl methyl sites for hydroxylation is 1. The van der Waals surface area contributed by atoms with E-state index in [0.717, 1.165) is 15.9 Å². The Morgan fingerprint density at radius 2 is 1.86 bits per heavy atom. The van der Waals surface area contributed by atoms with Crippen molar-refractivity contribution in [3.63, 3.8) is 0 Å². The number of nitrogens with one attached hydrogen (secondary N) is 1. The monoisotopic (exact) mass is 359 g/mol. The summed E-state index contributed by atoms with van der Waals surface area (Å²) in [6, 6.07) is 16.3. The molecule has 0 unspecified atom stereocenters. The molecule has 1 heterocycles. The number of nitrogens with zero attached hydrogens (tertiary/aromatic N) is 2. The van der Waals surface area contributed by atoms with Crippen LogP contribution in [0.3, 0.4) is 0 Å². The number of hydrogen-bond acceptors (Lipinski definition) is 2. The van der Waals surface area contributed by atoms with Crippen LogP contribution in [-0.4, -0.2) is 14.8 Å². The maximum absolute atomic E-state index is 5.39. The molecule has 0 aliphatic rings. The normalized spacial score (nSPS) is 10.8. The lowest BCUT2D eigenvalue weighted by Crippen LogP contribution is -2.03. The van der Waals surface area contributed by atoms with E-state index in [2.05, 4.69) is 51.3 Å². The van der Waals surface area contributed by atoms with Gasteiger partial charge in [-0.15, -0.1) is 0 Å². The Balaban J connectivity index is 2.09. The molecule has 0 radical (unpaired) electrons. The van der Waals surface area contributed by atoms with Gasteiger partial charge in [0.2, 0.25) is 0 Å². The number of H-pyrrole nitrogens is 1. The van der Waals surface area contributed by atoms with Crippen molar-refractivity contribution in [2.24, 2.45) is 0 Å². The lowest BCUT2D eigenvalue weighted by Gasteiger charge is -2.10. The fraction of sp³-hybridized carbons (Fsp3) is 0.125. The highest BCUT2D eigenvalue weighted by molar-refractivity contribution is 9.10. The van der Waals surface area contributed by atoms with Crippen molar-refractivity contribution >= 4 is 28.1 Å². The van der Waals surface area contributed by atoms with Crippen LogP contribution < -0.4 is 0 Å². The average Bonchev–Trinajstić information content (AvgIpc) is 2.83. The summed E-state index contributed by atoms with van der Waals surface area (Å²) in [7, 11) is 0. The molecule has 0 aliphatic carbocycles. The highest BCUT2D eigenvalue weighted by Gasteiger charge is 2.12. The van der Waals surface area contributed by atoms with E-state index in [1.165, 1.54) is 11.1 Å². The number of aromatic amines is 1. The maximum atomic E-state index is 5.39. The second-order valence-electron chi connectivity index (χ2n) is 4.84. The van der Waals surface area contributed by atoms with E-state index in [9.17, 15) is 0 Å². The van der Waals surface area contributed by atoms with Crippen LogP contribution in [0.2, 0.25) is 0 Å². The summed E-state index contributed by atoms with van der Waals surface area (Å²) >= 11 is 8.97. The van der Waals surface area contributed by atoms with Gasteiger partial charge in [-0.3, -0.25) is 9.67 Å². The molecule has 0 fully saturated rings. The first-order chi connectivity index (χ1) is 10.2. The lowest BCUT2D eigenvalue weighted by atomic mass is 10.1. The molecule has 3 nitrogen and oxygen atoms in total. The van der Waals surface area contributed by atoms with Crippen LogP contribution in [0.1, 0.15) is 11.1 Å². The van der Waals surface area contributed by atoms with E-state index < -0.39 is 0 Å². The van der Waals surface area contributed by atoms with Crippen LogP contribution in [0.15, 0.2) is 53.0 Å². The molecule has 0 saturated heterocycles. The summed E-state index contributed by atoms with van der Waals surface area (Å²) < 4.78 is 3.73. The third-order valence-electron chi connectivity index (χ3n) is 3.43. The quantitative estimate of drug-likeness (QED) is 0.686. The smallest absolute Gasteiger partial charge is 0.195 e. The standard InChI is InChI=1S/C16H14BrN3S/c1-11-6-2-4-8-13(11)15-18-19-16(21)20(15)10-12-7-3-5-9-14(12)17/h2-9H,10H2,1H3,(H,19,21). The van der Waals surface area contributed by atoms with Gasteiger partial charge >= 0.3 is 0 Å². The predicted octanol–water partition coefficient (Wildman–Crippen LogP) is 4.73. The predicted molar refractivity (Wildman–Crippen MR) is 90.8 cm³/mol. The molecule has 0 aliphatic heterocycles. The zero-order valence-electron chi connectivity index (χ0n) is 11.5. The zero-order chi connectivity index (χ0) is 14.8. The van der Waals surface area contributed by atoms with E-state index in [1.807, 2.05) is 34.9 Å². The average molecular weight is 360 g/mol. The van der Waals surface area contributed by atoms with E-state index in [0.29, 0.717) is 11.3 Å². The summed E-state index contributed by atoms with van der Waals surface area (Å²) in [4.78, 5) is 0. The molecule has 0 bridgehead atoms. The summed E-state index contributed by atoms with van der Waals surface area (Å²) in [5.74, 6) is 0.869. The Kier molecular flexibility index (Phi) is 4.03. The highest BCUT2D eigenvalue weighted by Crippen LogP contribution is 2.24. The SMILES string of the molecule is Cc1ccccc1-c1n[nH]c(=S)n1Cc1ccccc1Br. The van der Waals surface area contributed by atoms with Crippen LogP contribution in [0, 0.1) is 11.7 Å². The first-order valence-corrected chi connectivity index (χ1v) is 7.81. The summed E-state index contributed by atoms with van der Waals surface area (Å²) in [6.07, 6.45) is 0. The van der Waals surface area contributed by atoms with Crippen molar-refractivity contribution in [1.82, 2.24) is 14.8 Å². The highest BCUT2D eigenvalue weighted by atomic mass is 79.9. The fourth-order valence-electron chi connectivity index (χ4n) is 2.29. The Morgan fingerprint density at radius 1 is 1.14 bits per heavy atom.